The van der Waals surface area contributed by atoms with Crippen LogP contribution in [-0.2, 0) is 4.79 Å². The number of nitrogens with one attached hydrogen (secondary N) is 3. The van der Waals surface area contributed by atoms with Gasteiger partial charge in [-0.2, -0.15) is 0 Å². The number of likely N-dealkylation sites (N-methyl/N-ethyl adjacent to an activating group) is 1. The number of aromatic nitrogens is 1. The van der Waals surface area contributed by atoms with E-state index >= 15 is 0 Å². The first-order valence-electron chi connectivity index (χ1n) is 9.88. The molecule has 8 heteroatoms. The van der Waals surface area contributed by atoms with Crippen molar-refractivity contribution in [3.8, 4) is 0 Å². The number of H-pyrrole nitrogens is 1. The average molecular weight is 422 g/mol. The van der Waals surface area contributed by atoms with Gasteiger partial charge in [-0.1, -0.05) is 13.8 Å². The molecule has 2 amide bonds. The van der Waals surface area contributed by atoms with Crippen molar-refractivity contribution in [2.75, 3.05) is 31.5 Å². The summed E-state index contributed by atoms with van der Waals surface area (Å²) in [6, 6.07) is 4.20. The number of hydrogen-bond donors (Lipinski definition) is 3. The minimum Gasteiger partial charge on any atom is -1.00 e. The van der Waals surface area contributed by atoms with Crippen molar-refractivity contribution >= 4 is 29.2 Å². The third-order valence-corrected chi connectivity index (χ3v) is 5.36. The van der Waals surface area contributed by atoms with Crippen LogP contribution in [-0.4, -0.2) is 47.9 Å². The predicted octanol–water partition coefficient (Wildman–Crippen LogP) is 0.451. The summed E-state index contributed by atoms with van der Waals surface area (Å²) in [5.74, 6) is -0.836. The third kappa shape index (κ3) is 5.03. The van der Waals surface area contributed by atoms with Gasteiger partial charge in [0.1, 0.15) is 5.82 Å². The summed E-state index contributed by atoms with van der Waals surface area (Å²) in [5.41, 5.74) is 4.20. The van der Waals surface area contributed by atoms with E-state index in [1.54, 1.807) is 12.1 Å². The van der Waals surface area contributed by atoms with Crippen LogP contribution in [0, 0.1) is 19.7 Å². The quantitative estimate of drug-likeness (QED) is 0.448. The van der Waals surface area contributed by atoms with Crippen molar-refractivity contribution in [3.05, 3.63) is 52.1 Å². The number of hydrogen-bond acceptors (Lipinski definition) is 3. The summed E-state index contributed by atoms with van der Waals surface area (Å²) < 4.78 is 13.7. The summed E-state index contributed by atoms with van der Waals surface area (Å²) in [6.45, 7) is 11.1. The summed E-state index contributed by atoms with van der Waals surface area (Å²) in [7, 11) is 0. The van der Waals surface area contributed by atoms with Crippen molar-refractivity contribution in [2.45, 2.75) is 27.7 Å². The van der Waals surface area contributed by atoms with Crippen molar-refractivity contribution in [1.82, 2.24) is 15.2 Å². The zero-order valence-corrected chi connectivity index (χ0v) is 20.3. The molecule has 0 radical (unpaired) electrons. The second-order valence-corrected chi connectivity index (χ2v) is 7.15. The van der Waals surface area contributed by atoms with Gasteiger partial charge in [0.2, 0.25) is 0 Å². The van der Waals surface area contributed by atoms with Crippen LogP contribution in [0.15, 0.2) is 18.2 Å². The number of halogens is 1. The number of amides is 2. The van der Waals surface area contributed by atoms with Crippen molar-refractivity contribution in [1.29, 1.82) is 0 Å². The maximum Gasteiger partial charge on any atom is 1.00 e. The molecular formula is C22H28FN4NaO2. The van der Waals surface area contributed by atoms with E-state index in [0.717, 1.165) is 30.9 Å². The Labute approximate surface area is 200 Å². The summed E-state index contributed by atoms with van der Waals surface area (Å²) in [6.07, 6.45) is 1.68. The number of rotatable bonds is 7. The normalized spacial score (nSPS) is 13.9. The van der Waals surface area contributed by atoms with E-state index in [9.17, 15) is 14.0 Å². The molecule has 2 heterocycles. The molecule has 0 aliphatic carbocycles. The molecule has 0 unspecified atom stereocenters. The van der Waals surface area contributed by atoms with Crippen LogP contribution in [0.1, 0.15) is 48.1 Å². The number of carbonyl (C=O) groups excluding carboxylic acids is 2. The second-order valence-electron chi connectivity index (χ2n) is 7.15. The first kappa shape index (κ1) is 24.3. The van der Waals surface area contributed by atoms with Crippen LogP contribution < -0.4 is 40.2 Å². The molecule has 1 aromatic carbocycles. The molecule has 1 aromatic heterocycles. The van der Waals surface area contributed by atoms with Crippen LogP contribution in [0.3, 0.4) is 0 Å². The first-order chi connectivity index (χ1) is 13.8. The first-order valence-corrected chi connectivity index (χ1v) is 9.88. The van der Waals surface area contributed by atoms with Gasteiger partial charge in [-0.05, 0) is 56.8 Å². The smallest absolute Gasteiger partial charge is 1.00 e. The van der Waals surface area contributed by atoms with Gasteiger partial charge in [0.25, 0.3) is 11.8 Å². The Hall–Kier alpha value is -1.93. The number of nitrogens with zero attached hydrogens (tertiary/aromatic N) is 1. The minimum atomic E-state index is -0.404. The topological polar surface area (TPSA) is 77.2 Å². The zero-order chi connectivity index (χ0) is 21.1. The van der Waals surface area contributed by atoms with Crippen LogP contribution >= 0.6 is 0 Å². The number of anilines is 1. The molecule has 156 valence electrons. The Kier molecular flexibility index (Phi) is 8.43. The van der Waals surface area contributed by atoms with E-state index in [4.69, 9.17) is 0 Å². The molecule has 1 aliphatic rings. The molecule has 30 heavy (non-hydrogen) atoms. The maximum absolute atomic E-state index is 13.7. The average Bonchev–Trinajstić information content (AvgIpc) is 3.14. The second kappa shape index (κ2) is 10.4. The largest absolute Gasteiger partial charge is 1.00 e. The fourth-order valence-corrected chi connectivity index (χ4v) is 3.66. The molecule has 0 fully saturated rings. The maximum atomic E-state index is 13.7. The number of carbonyl (C=O) groups is 2. The molecule has 3 rings (SSSR count). The van der Waals surface area contributed by atoms with Crippen molar-refractivity contribution < 1.29 is 45.0 Å². The Morgan fingerprint density at radius 3 is 2.63 bits per heavy atom. The monoisotopic (exact) mass is 422 g/mol. The Morgan fingerprint density at radius 2 is 1.97 bits per heavy atom. The van der Waals surface area contributed by atoms with Gasteiger partial charge in [0.05, 0.1) is 11.1 Å². The number of fused-ring (bicyclic) bond motifs is 1. The molecule has 0 saturated carbocycles. The van der Waals surface area contributed by atoms with Crippen LogP contribution in [0.2, 0.25) is 0 Å². The summed E-state index contributed by atoms with van der Waals surface area (Å²) in [4.78, 5) is 30.5. The number of aromatic amines is 1. The molecule has 0 bridgehead atoms. The molecule has 2 aromatic rings. The Bertz CT molecular complexity index is 986. The van der Waals surface area contributed by atoms with Gasteiger partial charge in [-0.25, -0.2) is 4.39 Å². The van der Waals surface area contributed by atoms with Gasteiger partial charge < -0.3 is 21.9 Å². The molecule has 0 saturated heterocycles. The van der Waals surface area contributed by atoms with Crippen LogP contribution in [0.5, 0.6) is 0 Å². The third-order valence-electron chi connectivity index (χ3n) is 5.36. The minimum absolute atomic E-state index is 0. The molecule has 0 atom stereocenters. The van der Waals surface area contributed by atoms with Crippen LogP contribution in [0.4, 0.5) is 10.1 Å². The fraction of sp³-hybridized carbons (Fsp3) is 0.364. The van der Waals surface area contributed by atoms with Gasteiger partial charge in [0, 0.05) is 35.7 Å². The Morgan fingerprint density at radius 1 is 1.27 bits per heavy atom. The molecule has 1 aliphatic heterocycles. The summed E-state index contributed by atoms with van der Waals surface area (Å²) in [5, 5.41) is 5.70. The van der Waals surface area contributed by atoms with Gasteiger partial charge in [-0.15, -0.1) is 0 Å². The number of benzene rings is 1. The van der Waals surface area contributed by atoms with Gasteiger partial charge >= 0.3 is 29.6 Å². The molecule has 3 N–H and O–H groups in total. The van der Waals surface area contributed by atoms with E-state index in [-0.39, 0.29) is 42.8 Å². The Balaban J connectivity index is 0.00000240. The zero-order valence-electron chi connectivity index (χ0n) is 19.3. The SMILES string of the molecule is CCN(CC)CCNC(=O)c1c(C)[nH]c(/C=C2\C(=O)Nc3ccc(F)cc32)c1C.[H-].[Na+]. The fourth-order valence-electron chi connectivity index (χ4n) is 3.66. The van der Waals surface area contributed by atoms with E-state index in [1.807, 2.05) is 13.8 Å². The van der Waals surface area contributed by atoms with Gasteiger partial charge in [-0.3, -0.25) is 9.59 Å². The van der Waals surface area contributed by atoms with E-state index < -0.39 is 5.82 Å². The summed E-state index contributed by atoms with van der Waals surface area (Å²) >= 11 is 0. The van der Waals surface area contributed by atoms with E-state index in [0.29, 0.717) is 34.6 Å². The molecule has 6 nitrogen and oxygen atoms in total. The number of aryl methyl sites for hydroxylation is 1. The van der Waals surface area contributed by atoms with E-state index in [1.165, 1.54) is 12.1 Å². The van der Waals surface area contributed by atoms with Crippen molar-refractivity contribution in [3.63, 3.8) is 0 Å². The predicted molar refractivity (Wildman–Crippen MR) is 114 cm³/mol. The van der Waals surface area contributed by atoms with Crippen LogP contribution in [0.25, 0.3) is 11.6 Å². The van der Waals surface area contributed by atoms with Crippen molar-refractivity contribution in [2.24, 2.45) is 0 Å². The standard InChI is InChI=1S/C22H27FN4O2.Na.H/c1-5-27(6-2)10-9-24-22(29)20-13(3)19(25-14(20)4)12-17-16-11-15(23)7-8-18(16)26-21(17)28;;/h7-8,11-12,25H,5-6,9-10H2,1-4H3,(H,24,29)(H,26,28);;/q;+1;-1/b17-12-;;. The molecular weight excluding hydrogens is 394 g/mol. The molecule has 0 spiro atoms. The van der Waals surface area contributed by atoms with Gasteiger partial charge in [0.15, 0.2) is 0 Å². The van der Waals surface area contributed by atoms with E-state index in [2.05, 4.69) is 34.4 Å².